The van der Waals surface area contributed by atoms with Gasteiger partial charge in [0, 0.05) is 38.8 Å². The highest BCUT2D eigenvalue weighted by Gasteiger charge is 2.21. The zero-order valence-electron chi connectivity index (χ0n) is 15.3. The van der Waals surface area contributed by atoms with E-state index in [0.717, 1.165) is 31.0 Å². The molecule has 136 valence electrons. The molecule has 0 amide bonds. The van der Waals surface area contributed by atoms with Gasteiger partial charge in [0.1, 0.15) is 18.5 Å². The van der Waals surface area contributed by atoms with Crippen LogP contribution in [-0.4, -0.2) is 43.7 Å². The van der Waals surface area contributed by atoms with E-state index in [1.165, 1.54) is 24.2 Å². The van der Waals surface area contributed by atoms with Crippen molar-refractivity contribution in [3.63, 3.8) is 0 Å². The molecule has 1 aliphatic rings. The molecule has 0 aliphatic carbocycles. The third-order valence-corrected chi connectivity index (χ3v) is 4.94. The number of anilines is 1. The standard InChI is InChI=1S/C19H25N7/c1-15-10-19(24(2)23-15)25-9-3-4-17(12-25)21-11-16-5-7-18(8-6-16)26-14-20-13-22-26/h5-8,10,13-14,17,21H,3-4,9,11-12H2,1-2H3. The first-order chi connectivity index (χ1) is 12.7. The van der Waals surface area contributed by atoms with Gasteiger partial charge >= 0.3 is 0 Å². The Morgan fingerprint density at radius 2 is 2.08 bits per heavy atom. The number of hydrogen-bond donors (Lipinski definition) is 1. The fourth-order valence-electron chi connectivity index (χ4n) is 3.62. The van der Waals surface area contributed by atoms with Gasteiger partial charge in [0.2, 0.25) is 0 Å². The number of benzene rings is 1. The van der Waals surface area contributed by atoms with Gasteiger partial charge in [-0.15, -0.1) is 0 Å². The Morgan fingerprint density at radius 1 is 1.23 bits per heavy atom. The Morgan fingerprint density at radius 3 is 2.77 bits per heavy atom. The van der Waals surface area contributed by atoms with Gasteiger partial charge in [0.25, 0.3) is 0 Å². The Bertz CT molecular complexity index is 835. The highest BCUT2D eigenvalue weighted by atomic mass is 15.4. The molecule has 0 spiro atoms. The van der Waals surface area contributed by atoms with Crippen molar-refractivity contribution < 1.29 is 0 Å². The van der Waals surface area contributed by atoms with Crippen LogP contribution in [0.4, 0.5) is 5.82 Å². The topological polar surface area (TPSA) is 63.8 Å². The molecule has 3 heterocycles. The lowest BCUT2D eigenvalue weighted by Crippen LogP contribution is -2.46. The fourth-order valence-corrected chi connectivity index (χ4v) is 3.62. The molecule has 3 aromatic rings. The third-order valence-electron chi connectivity index (χ3n) is 4.94. The maximum atomic E-state index is 4.48. The summed E-state index contributed by atoms with van der Waals surface area (Å²) in [4.78, 5) is 6.43. The van der Waals surface area contributed by atoms with E-state index in [2.05, 4.69) is 55.7 Å². The number of aromatic nitrogens is 5. The van der Waals surface area contributed by atoms with E-state index < -0.39 is 0 Å². The van der Waals surface area contributed by atoms with Crippen LogP contribution in [0.25, 0.3) is 5.69 Å². The summed E-state index contributed by atoms with van der Waals surface area (Å²) < 4.78 is 3.76. The number of piperidine rings is 1. The molecule has 0 saturated carbocycles. The van der Waals surface area contributed by atoms with Gasteiger partial charge in [0.05, 0.1) is 11.4 Å². The van der Waals surface area contributed by atoms with E-state index in [9.17, 15) is 0 Å². The highest BCUT2D eigenvalue weighted by Crippen LogP contribution is 2.20. The minimum absolute atomic E-state index is 0.494. The number of hydrogen-bond acceptors (Lipinski definition) is 5. The molecule has 1 N–H and O–H groups in total. The number of nitrogens with zero attached hydrogens (tertiary/aromatic N) is 6. The van der Waals surface area contributed by atoms with Gasteiger partial charge in [-0.2, -0.15) is 10.2 Å². The normalized spacial score (nSPS) is 17.6. The zero-order chi connectivity index (χ0) is 17.9. The molecule has 7 nitrogen and oxygen atoms in total. The van der Waals surface area contributed by atoms with Gasteiger partial charge in [0.15, 0.2) is 0 Å². The van der Waals surface area contributed by atoms with Crippen molar-refractivity contribution in [3.05, 3.63) is 54.2 Å². The fraction of sp³-hybridized carbons (Fsp3) is 0.421. The molecule has 0 bridgehead atoms. The largest absolute Gasteiger partial charge is 0.355 e. The summed E-state index contributed by atoms with van der Waals surface area (Å²) in [6.07, 6.45) is 5.68. The molecule has 4 rings (SSSR count). The van der Waals surface area contributed by atoms with Crippen LogP contribution in [-0.2, 0) is 13.6 Å². The minimum atomic E-state index is 0.494. The minimum Gasteiger partial charge on any atom is -0.355 e. The van der Waals surface area contributed by atoms with Crippen LogP contribution in [0.2, 0.25) is 0 Å². The predicted octanol–water partition coefficient (Wildman–Crippen LogP) is 2.07. The Kier molecular flexibility index (Phi) is 4.71. The zero-order valence-corrected chi connectivity index (χ0v) is 15.3. The lowest BCUT2D eigenvalue weighted by Gasteiger charge is -2.34. The molecule has 1 aromatic carbocycles. The lowest BCUT2D eigenvalue weighted by atomic mass is 10.1. The highest BCUT2D eigenvalue weighted by molar-refractivity contribution is 5.41. The molecule has 1 fully saturated rings. The van der Waals surface area contributed by atoms with Crippen molar-refractivity contribution in [1.29, 1.82) is 0 Å². The van der Waals surface area contributed by atoms with Gasteiger partial charge in [-0.05, 0) is 37.5 Å². The number of aryl methyl sites for hydroxylation is 2. The molecule has 7 heteroatoms. The SMILES string of the molecule is Cc1cc(N2CCCC(NCc3ccc(-n4cncn4)cc3)C2)n(C)n1. The summed E-state index contributed by atoms with van der Waals surface area (Å²) in [5.41, 5.74) is 3.38. The smallest absolute Gasteiger partial charge is 0.138 e. The van der Waals surface area contributed by atoms with Gasteiger partial charge < -0.3 is 10.2 Å². The van der Waals surface area contributed by atoms with Crippen molar-refractivity contribution in [2.75, 3.05) is 18.0 Å². The van der Waals surface area contributed by atoms with E-state index in [0.29, 0.717) is 6.04 Å². The first kappa shape index (κ1) is 16.8. The van der Waals surface area contributed by atoms with Crippen molar-refractivity contribution in [2.45, 2.75) is 32.4 Å². The number of rotatable bonds is 5. The van der Waals surface area contributed by atoms with Crippen molar-refractivity contribution in [1.82, 2.24) is 29.9 Å². The van der Waals surface area contributed by atoms with E-state index in [1.54, 1.807) is 17.3 Å². The molecule has 1 saturated heterocycles. The monoisotopic (exact) mass is 351 g/mol. The van der Waals surface area contributed by atoms with Crippen LogP contribution >= 0.6 is 0 Å². The van der Waals surface area contributed by atoms with Gasteiger partial charge in [-0.1, -0.05) is 12.1 Å². The average Bonchev–Trinajstić information content (AvgIpc) is 3.30. The Balaban J connectivity index is 1.35. The van der Waals surface area contributed by atoms with Crippen LogP contribution < -0.4 is 10.2 Å². The summed E-state index contributed by atoms with van der Waals surface area (Å²) >= 11 is 0. The van der Waals surface area contributed by atoms with Crippen molar-refractivity contribution in [3.8, 4) is 5.69 Å². The van der Waals surface area contributed by atoms with Crippen LogP contribution in [0.3, 0.4) is 0 Å². The van der Waals surface area contributed by atoms with E-state index in [-0.39, 0.29) is 0 Å². The van der Waals surface area contributed by atoms with E-state index >= 15 is 0 Å². The molecule has 1 unspecified atom stereocenters. The van der Waals surface area contributed by atoms with Crippen LogP contribution in [0.15, 0.2) is 43.0 Å². The average molecular weight is 351 g/mol. The number of nitrogens with one attached hydrogen (secondary N) is 1. The summed E-state index contributed by atoms with van der Waals surface area (Å²) in [5, 5.41) is 12.3. The molecule has 1 aliphatic heterocycles. The molecule has 2 aromatic heterocycles. The molecule has 0 radical (unpaired) electrons. The first-order valence-electron chi connectivity index (χ1n) is 9.12. The lowest BCUT2D eigenvalue weighted by molar-refractivity contribution is 0.417. The van der Waals surface area contributed by atoms with Crippen LogP contribution in [0.5, 0.6) is 0 Å². The Hall–Kier alpha value is -2.67. The van der Waals surface area contributed by atoms with E-state index in [1.807, 2.05) is 18.7 Å². The predicted molar refractivity (Wildman–Crippen MR) is 101 cm³/mol. The van der Waals surface area contributed by atoms with Crippen molar-refractivity contribution >= 4 is 5.82 Å². The van der Waals surface area contributed by atoms with Crippen molar-refractivity contribution in [2.24, 2.45) is 7.05 Å². The van der Waals surface area contributed by atoms with Crippen LogP contribution in [0, 0.1) is 6.92 Å². The van der Waals surface area contributed by atoms with E-state index in [4.69, 9.17) is 0 Å². The molecule has 1 atom stereocenters. The quantitative estimate of drug-likeness (QED) is 0.762. The summed E-state index contributed by atoms with van der Waals surface area (Å²) in [6, 6.07) is 11.1. The summed E-state index contributed by atoms with van der Waals surface area (Å²) in [5.74, 6) is 1.21. The molecular formula is C19H25N7. The maximum absolute atomic E-state index is 4.48. The molecular weight excluding hydrogens is 326 g/mol. The second-order valence-electron chi connectivity index (χ2n) is 6.94. The Labute approximate surface area is 153 Å². The maximum Gasteiger partial charge on any atom is 0.138 e. The summed E-state index contributed by atoms with van der Waals surface area (Å²) in [6.45, 7) is 5.05. The van der Waals surface area contributed by atoms with Gasteiger partial charge in [-0.25, -0.2) is 9.67 Å². The first-order valence-corrected chi connectivity index (χ1v) is 9.12. The second-order valence-corrected chi connectivity index (χ2v) is 6.94. The third kappa shape index (κ3) is 3.62. The second kappa shape index (κ2) is 7.29. The van der Waals surface area contributed by atoms with Gasteiger partial charge in [-0.3, -0.25) is 4.68 Å². The summed E-state index contributed by atoms with van der Waals surface area (Å²) in [7, 11) is 2.02. The van der Waals surface area contributed by atoms with Crippen LogP contribution in [0.1, 0.15) is 24.1 Å². The molecule has 26 heavy (non-hydrogen) atoms.